The van der Waals surface area contributed by atoms with Crippen LogP contribution in [0.1, 0.15) is 49.4 Å². The molecular formula is C29H27F5N2O3. The number of aliphatic carboxylic acids is 1. The molecule has 2 heterocycles. The van der Waals surface area contributed by atoms with E-state index in [2.05, 4.69) is 16.8 Å². The van der Waals surface area contributed by atoms with Crippen molar-refractivity contribution in [3.63, 3.8) is 0 Å². The fourth-order valence-electron chi connectivity index (χ4n) is 5.11. The van der Waals surface area contributed by atoms with Gasteiger partial charge in [0.25, 0.3) is 0 Å². The van der Waals surface area contributed by atoms with Crippen LogP contribution < -0.4 is 4.74 Å². The summed E-state index contributed by atoms with van der Waals surface area (Å²) in [4.78, 5) is 17.6. The minimum absolute atomic E-state index is 0.0799. The lowest BCUT2D eigenvalue weighted by atomic mass is 9.71. The van der Waals surface area contributed by atoms with Gasteiger partial charge < -0.3 is 9.84 Å². The van der Waals surface area contributed by atoms with Gasteiger partial charge in [0.15, 0.2) is 0 Å². The number of ether oxygens (including phenoxy) is 1. The molecule has 10 heteroatoms. The summed E-state index contributed by atoms with van der Waals surface area (Å²) >= 11 is 0. The minimum atomic E-state index is -1.68. The molecule has 1 N–H and O–H groups in total. The molecule has 206 valence electrons. The maximum atomic E-state index is 15.5. The van der Waals surface area contributed by atoms with Crippen LogP contribution >= 0.6 is 0 Å². The number of likely N-dealkylation sites (tertiary alicyclic amines) is 1. The maximum absolute atomic E-state index is 15.5. The van der Waals surface area contributed by atoms with Gasteiger partial charge in [-0.25, -0.2) is 22.0 Å². The monoisotopic (exact) mass is 546 g/mol. The van der Waals surface area contributed by atoms with Gasteiger partial charge in [-0.1, -0.05) is 11.8 Å². The predicted molar refractivity (Wildman–Crippen MR) is 135 cm³/mol. The third kappa shape index (κ3) is 6.66. The molecule has 0 radical (unpaired) electrons. The second-order valence-electron chi connectivity index (χ2n) is 9.80. The number of methoxy groups -OCH3 is 1. The Bertz CT molecular complexity index is 1400. The van der Waals surface area contributed by atoms with Crippen molar-refractivity contribution < 1.29 is 36.6 Å². The van der Waals surface area contributed by atoms with Crippen molar-refractivity contribution in [2.45, 2.75) is 38.3 Å². The molecule has 1 fully saturated rings. The van der Waals surface area contributed by atoms with Gasteiger partial charge in [-0.3, -0.25) is 14.7 Å². The van der Waals surface area contributed by atoms with E-state index in [0.29, 0.717) is 54.7 Å². The van der Waals surface area contributed by atoms with Crippen LogP contribution in [-0.2, 0) is 4.79 Å². The number of hydrogen-bond acceptors (Lipinski definition) is 4. The first kappa shape index (κ1) is 28.3. The van der Waals surface area contributed by atoms with E-state index < -0.39 is 46.4 Å². The van der Waals surface area contributed by atoms with Gasteiger partial charge in [-0.15, -0.1) is 0 Å². The molecule has 1 aliphatic rings. The van der Waals surface area contributed by atoms with Gasteiger partial charge in [-0.05, 0) is 62.4 Å². The van der Waals surface area contributed by atoms with E-state index in [1.165, 1.54) is 13.2 Å². The number of carboxylic acid groups (broad SMARTS) is 1. The number of hydrogen-bond donors (Lipinski definition) is 1. The Morgan fingerprint density at radius 1 is 1.13 bits per heavy atom. The lowest BCUT2D eigenvalue weighted by Gasteiger charge is -2.41. The van der Waals surface area contributed by atoms with E-state index in [9.17, 15) is 27.5 Å². The van der Waals surface area contributed by atoms with Crippen molar-refractivity contribution in [1.29, 1.82) is 0 Å². The first-order chi connectivity index (χ1) is 18.6. The number of rotatable bonds is 8. The fourth-order valence-corrected chi connectivity index (χ4v) is 5.11. The number of pyridine rings is 1. The first-order valence-electron chi connectivity index (χ1n) is 12.4. The molecule has 0 bridgehead atoms. The second kappa shape index (κ2) is 12.0. The third-order valence-electron chi connectivity index (χ3n) is 7.28. The van der Waals surface area contributed by atoms with Crippen molar-refractivity contribution in [2.24, 2.45) is 5.41 Å². The molecule has 0 amide bonds. The Morgan fingerprint density at radius 2 is 1.82 bits per heavy atom. The Hall–Kier alpha value is -3.71. The van der Waals surface area contributed by atoms with Crippen LogP contribution in [0.5, 0.6) is 5.75 Å². The lowest BCUT2D eigenvalue weighted by molar-refractivity contribution is -0.141. The summed E-state index contributed by atoms with van der Waals surface area (Å²) in [5, 5.41) is 9.85. The van der Waals surface area contributed by atoms with E-state index >= 15 is 4.39 Å². The molecule has 3 aromatic rings. The molecule has 39 heavy (non-hydrogen) atoms. The van der Waals surface area contributed by atoms with Gasteiger partial charge in [0.1, 0.15) is 35.2 Å². The van der Waals surface area contributed by atoms with E-state index in [4.69, 9.17) is 4.74 Å². The van der Waals surface area contributed by atoms with Gasteiger partial charge in [-0.2, -0.15) is 0 Å². The molecule has 0 saturated carbocycles. The molecule has 5 nitrogen and oxygen atoms in total. The number of nitrogens with zero attached hydrogens (tertiary/aromatic N) is 2. The number of fused-ring (bicyclic) bond motifs is 1. The summed E-state index contributed by atoms with van der Waals surface area (Å²) in [6.07, 6.45) is 0.132. The summed E-state index contributed by atoms with van der Waals surface area (Å²) in [5.74, 6) is 0.522. The van der Waals surface area contributed by atoms with Crippen molar-refractivity contribution in [3.05, 3.63) is 70.9 Å². The zero-order chi connectivity index (χ0) is 28.2. The van der Waals surface area contributed by atoms with E-state index in [1.54, 1.807) is 12.1 Å². The van der Waals surface area contributed by atoms with Crippen LogP contribution in [-0.4, -0.2) is 47.7 Å². The van der Waals surface area contributed by atoms with Crippen LogP contribution in [0.2, 0.25) is 0 Å². The van der Waals surface area contributed by atoms with Crippen molar-refractivity contribution >= 4 is 16.9 Å². The fraction of sp³-hybridized carbons (Fsp3) is 0.379. The predicted octanol–water partition coefficient (Wildman–Crippen LogP) is 6.20. The molecule has 0 spiro atoms. The first-order valence-corrected chi connectivity index (χ1v) is 12.4. The Kier molecular flexibility index (Phi) is 8.70. The van der Waals surface area contributed by atoms with Crippen LogP contribution in [0.25, 0.3) is 10.9 Å². The standard InChI is InChI=1S/C29H27F5N2O3/c1-39-19-4-5-26-21(15-19)28(25(34)17-35-26)22(31)6-7-29(16-27(37)38)8-11-36(12-9-29)10-2-3-20-23(32)13-18(30)14-24(20)33/h4-5,13-15,17,22H,6-12,16H2,1H3,(H,37,38). The van der Waals surface area contributed by atoms with Crippen molar-refractivity contribution in [1.82, 2.24) is 9.88 Å². The zero-order valence-electron chi connectivity index (χ0n) is 21.2. The minimum Gasteiger partial charge on any atom is -0.497 e. The summed E-state index contributed by atoms with van der Waals surface area (Å²) in [6, 6.07) is 5.92. The summed E-state index contributed by atoms with van der Waals surface area (Å²) in [5.41, 5.74) is -0.926. The highest BCUT2D eigenvalue weighted by Gasteiger charge is 2.37. The highest BCUT2D eigenvalue weighted by molar-refractivity contribution is 5.84. The number of halogens is 5. The average molecular weight is 547 g/mol. The highest BCUT2D eigenvalue weighted by Crippen LogP contribution is 2.43. The Balaban J connectivity index is 1.44. The molecular weight excluding hydrogens is 519 g/mol. The van der Waals surface area contributed by atoms with Crippen molar-refractivity contribution in [2.75, 3.05) is 26.7 Å². The summed E-state index contributed by atoms with van der Waals surface area (Å²) in [7, 11) is 1.45. The number of alkyl halides is 1. The second-order valence-corrected chi connectivity index (χ2v) is 9.80. The topological polar surface area (TPSA) is 62.7 Å². The zero-order valence-corrected chi connectivity index (χ0v) is 21.2. The molecule has 4 rings (SSSR count). The van der Waals surface area contributed by atoms with Crippen LogP contribution in [0.15, 0.2) is 36.5 Å². The number of carboxylic acids is 1. The third-order valence-corrected chi connectivity index (χ3v) is 7.28. The summed E-state index contributed by atoms with van der Waals surface area (Å²) in [6.45, 7) is 1.05. The average Bonchev–Trinajstić information content (AvgIpc) is 2.89. The van der Waals surface area contributed by atoms with Crippen molar-refractivity contribution in [3.8, 4) is 17.6 Å². The number of carbonyl (C=O) groups is 1. The molecule has 1 saturated heterocycles. The number of aromatic nitrogens is 1. The Morgan fingerprint density at radius 3 is 2.46 bits per heavy atom. The van der Waals surface area contributed by atoms with Crippen LogP contribution in [0.4, 0.5) is 22.0 Å². The Labute approximate surface area is 222 Å². The van der Waals surface area contributed by atoms with Gasteiger partial charge in [0.05, 0.1) is 37.4 Å². The van der Waals surface area contributed by atoms with Gasteiger partial charge >= 0.3 is 5.97 Å². The largest absolute Gasteiger partial charge is 0.497 e. The van der Waals surface area contributed by atoms with E-state index in [1.807, 2.05) is 4.90 Å². The summed E-state index contributed by atoms with van der Waals surface area (Å²) < 4.78 is 76.1. The lowest BCUT2D eigenvalue weighted by Crippen LogP contribution is -2.41. The molecule has 1 atom stereocenters. The molecule has 1 aliphatic heterocycles. The highest BCUT2D eigenvalue weighted by atomic mass is 19.2. The SMILES string of the molecule is COc1ccc2ncc(F)c(C(F)CCC3(CC(=O)O)CCN(CC#Cc4c(F)cc(F)cc4F)CC3)c2c1. The normalized spacial score (nSPS) is 15.9. The molecule has 1 aromatic heterocycles. The molecule has 0 aliphatic carbocycles. The quantitative estimate of drug-likeness (QED) is 0.269. The maximum Gasteiger partial charge on any atom is 0.303 e. The van der Waals surface area contributed by atoms with Gasteiger partial charge in [0.2, 0.25) is 0 Å². The smallest absolute Gasteiger partial charge is 0.303 e. The van der Waals surface area contributed by atoms with E-state index in [0.717, 1.165) is 6.20 Å². The molecule has 2 aromatic carbocycles. The van der Waals surface area contributed by atoms with Crippen LogP contribution in [0.3, 0.4) is 0 Å². The van der Waals surface area contributed by atoms with Crippen LogP contribution in [0, 0.1) is 40.5 Å². The van der Waals surface area contributed by atoms with Gasteiger partial charge in [0, 0.05) is 23.1 Å². The van der Waals surface area contributed by atoms with E-state index in [-0.39, 0.29) is 31.4 Å². The molecule has 1 unspecified atom stereocenters. The number of benzene rings is 2. The number of piperidine rings is 1.